The van der Waals surface area contributed by atoms with E-state index in [0.717, 1.165) is 11.6 Å². The summed E-state index contributed by atoms with van der Waals surface area (Å²) in [5.41, 5.74) is 6.11. The van der Waals surface area contributed by atoms with Crippen LogP contribution < -0.4 is 15.8 Å². The van der Waals surface area contributed by atoms with Crippen molar-refractivity contribution >= 4 is 5.91 Å². The van der Waals surface area contributed by atoms with E-state index < -0.39 is 11.7 Å². The van der Waals surface area contributed by atoms with Gasteiger partial charge in [0.1, 0.15) is 5.75 Å². The second-order valence-electron chi connectivity index (χ2n) is 4.25. The summed E-state index contributed by atoms with van der Waals surface area (Å²) < 4.78 is 19.4. The van der Waals surface area contributed by atoms with E-state index in [2.05, 4.69) is 5.32 Å². The number of hydrogen-bond donors (Lipinski definition) is 2. The lowest BCUT2D eigenvalue weighted by molar-refractivity contribution is 0.1000. The van der Waals surface area contributed by atoms with E-state index in [1.54, 1.807) is 6.07 Å². The molecule has 0 aliphatic carbocycles. The van der Waals surface area contributed by atoms with Gasteiger partial charge < -0.3 is 15.8 Å². The molecule has 0 aromatic heterocycles. The number of primary amides is 1. The van der Waals surface area contributed by atoms with Crippen molar-refractivity contribution in [1.29, 1.82) is 0 Å². The van der Waals surface area contributed by atoms with Crippen molar-refractivity contribution in [2.75, 3.05) is 7.05 Å². The van der Waals surface area contributed by atoms with Gasteiger partial charge in [-0.1, -0.05) is 18.2 Å². The van der Waals surface area contributed by atoms with Gasteiger partial charge in [-0.25, -0.2) is 4.39 Å². The summed E-state index contributed by atoms with van der Waals surface area (Å²) in [6.07, 6.45) is 0. The molecule has 0 spiro atoms. The Balaban J connectivity index is 2.28. The Hall–Kier alpha value is -2.40. The van der Waals surface area contributed by atoms with Gasteiger partial charge in [0.05, 0.1) is 0 Å². The van der Waals surface area contributed by atoms with E-state index >= 15 is 0 Å². The summed E-state index contributed by atoms with van der Waals surface area (Å²) in [7, 11) is 1.82. The van der Waals surface area contributed by atoms with Crippen LogP contribution in [0.3, 0.4) is 0 Å². The first-order valence-corrected chi connectivity index (χ1v) is 6.11. The Bertz CT molecular complexity index is 629. The molecule has 0 atom stereocenters. The van der Waals surface area contributed by atoms with E-state index in [-0.39, 0.29) is 11.3 Å². The highest BCUT2D eigenvalue weighted by Gasteiger charge is 2.10. The van der Waals surface area contributed by atoms with Crippen molar-refractivity contribution in [3.8, 4) is 11.5 Å². The van der Waals surface area contributed by atoms with Crippen LogP contribution >= 0.6 is 0 Å². The largest absolute Gasteiger partial charge is 0.454 e. The summed E-state index contributed by atoms with van der Waals surface area (Å²) in [5, 5.41) is 3.01. The van der Waals surface area contributed by atoms with Crippen LogP contribution in [0, 0.1) is 5.82 Å². The summed E-state index contributed by atoms with van der Waals surface area (Å²) in [4.78, 5) is 11.0. The number of para-hydroxylation sites is 1. The van der Waals surface area contributed by atoms with Gasteiger partial charge in [0.2, 0.25) is 5.91 Å². The van der Waals surface area contributed by atoms with E-state index in [1.165, 1.54) is 12.1 Å². The van der Waals surface area contributed by atoms with Crippen LogP contribution in [0.5, 0.6) is 11.5 Å². The molecule has 0 saturated carbocycles. The van der Waals surface area contributed by atoms with Gasteiger partial charge in [0.25, 0.3) is 0 Å². The minimum Gasteiger partial charge on any atom is -0.454 e. The minimum absolute atomic E-state index is 0.0542. The third-order valence-electron chi connectivity index (χ3n) is 2.78. The van der Waals surface area contributed by atoms with Gasteiger partial charge >= 0.3 is 0 Å². The molecule has 4 nitrogen and oxygen atoms in total. The molecule has 1 amide bonds. The average Bonchev–Trinajstić information content (AvgIpc) is 2.43. The van der Waals surface area contributed by atoms with Crippen LogP contribution in [0.2, 0.25) is 0 Å². The molecule has 3 N–H and O–H groups in total. The number of carbonyl (C=O) groups is 1. The average molecular weight is 274 g/mol. The molecule has 20 heavy (non-hydrogen) atoms. The van der Waals surface area contributed by atoms with E-state index in [1.807, 2.05) is 25.2 Å². The number of nitrogens with two attached hydrogens (primary N) is 1. The molecule has 2 rings (SSSR count). The number of carbonyl (C=O) groups excluding carboxylic acids is 1. The van der Waals surface area contributed by atoms with Gasteiger partial charge in [-0.15, -0.1) is 0 Å². The SMILES string of the molecule is CNCc1ccccc1Oc1ccc(C(N)=O)cc1F. The summed E-state index contributed by atoms with van der Waals surface area (Å²) >= 11 is 0. The van der Waals surface area contributed by atoms with E-state index in [4.69, 9.17) is 10.5 Å². The second-order valence-corrected chi connectivity index (χ2v) is 4.25. The lowest BCUT2D eigenvalue weighted by atomic mass is 10.2. The van der Waals surface area contributed by atoms with Crippen LogP contribution in [0.1, 0.15) is 15.9 Å². The van der Waals surface area contributed by atoms with Crippen molar-refractivity contribution < 1.29 is 13.9 Å². The number of amides is 1. The predicted molar refractivity (Wildman–Crippen MR) is 74.2 cm³/mol. The fourth-order valence-electron chi connectivity index (χ4n) is 1.80. The lowest BCUT2D eigenvalue weighted by Crippen LogP contribution is -2.11. The maximum Gasteiger partial charge on any atom is 0.248 e. The number of rotatable bonds is 5. The Morgan fingerprint density at radius 2 is 2.00 bits per heavy atom. The first-order valence-electron chi connectivity index (χ1n) is 6.11. The molecule has 0 aliphatic rings. The molecule has 0 aliphatic heterocycles. The van der Waals surface area contributed by atoms with E-state index in [9.17, 15) is 9.18 Å². The Kier molecular flexibility index (Phi) is 4.32. The second kappa shape index (κ2) is 6.16. The molecule has 0 bridgehead atoms. The van der Waals surface area contributed by atoms with Gasteiger partial charge in [-0.05, 0) is 31.3 Å². The van der Waals surface area contributed by atoms with Gasteiger partial charge in [-0.2, -0.15) is 0 Å². The summed E-state index contributed by atoms with van der Waals surface area (Å²) in [6, 6.07) is 11.2. The van der Waals surface area contributed by atoms with E-state index in [0.29, 0.717) is 12.3 Å². The molecule has 0 heterocycles. The topological polar surface area (TPSA) is 64.3 Å². The zero-order chi connectivity index (χ0) is 14.5. The molecule has 0 unspecified atom stereocenters. The highest BCUT2D eigenvalue weighted by Crippen LogP contribution is 2.27. The summed E-state index contributed by atoms with van der Waals surface area (Å²) in [5.74, 6) is -0.683. The molecule has 104 valence electrons. The fraction of sp³-hybridized carbons (Fsp3) is 0.133. The van der Waals surface area contributed by atoms with Crippen LogP contribution in [0.4, 0.5) is 4.39 Å². The maximum absolute atomic E-state index is 13.9. The molecule has 0 saturated heterocycles. The predicted octanol–water partition coefficient (Wildman–Crippen LogP) is 2.44. The Morgan fingerprint density at radius 3 is 2.65 bits per heavy atom. The maximum atomic E-state index is 13.9. The number of halogens is 1. The van der Waals surface area contributed by atoms with Gasteiger partial charge in [0.15, 0.2) is 11.6 Å². The highest BCUT2D eigenvalue weighted by atomic mass is 19.1. The van der Waals surface area contributed by atoms with Crippen LogP contribution in [-0.4, -0.2) is 13.0 Å². The quantitative estimate of drug-likeness (QED) is 0.880. The Labute approximate surface area is 116 Å². The van der Waals surface area contributed by atoms with Crippen molar-refractivity contribution in [2.45, 2.75) is 6.54 Å². The van der Waals surface area contributed by atoms with Gasteiger partial charge in [-0.3, -0.25) is 4.79 Å². The molecule has 5 heteroatoms. The first-order chi connectivity index (χ1) is 9.61. The first kappa shape index (κ1) is 14.0. The zero-order valence-electron chi connectivity index (χ0n) is 11.0. The highest BCUT2D eigenvalue weighted by molar-refractivity contribution is 5.92. The number of benzene rings is 2. The number of nitrogens with one attached hydrogen (secondary N) is 1. The molecular formula is C15H15FN2O2. The molecule has 0 fully saturated rings. The minimum atomic E-state index is -0.675. The summed E-state index contributed by atoms with van der Waals surface area (Å²) in [6.45, 7) is 0.608. The molecule has 2 aromatic carbocycles. The molecular weight excluding hydrogens is 259 g/mol. The monoisotopic (exact) mass is 274 g/mol. The Morgan fingerprint density at radius 1 is 1.25 bits per heavy atom. The van der Waals surface area contributed by atoms with Crippen molar-refractivity contribution in [1.82, 2.24) is 5.32 Å². The molecule has 0 radical (unpaired) electrons. The number of ether oxygens (including phenoxy) is 1. The van der Waals surface area contributed by atoms with Crippen molar-refractivity contribution in [2.24, 2.45) is 5.73 Å². The lowest BCUT2D eigenvalue weighted by Gasteiger charge is -2.11. The molecule has 2 aromatic rings. The zero-order valence-corrected chi connectivity index (χ0v) is 11.0. The third-order valence-corrected chi connectivity index (χ3v) is 2.78. The van der Waals surface area contributed by atoms with Crippen molar-refractivity contribution in [3.63, 3.8) is 0 Å². The normalized spacial score (nSPS) is 10.3. The van der Waals surface area contributed by atoms with Crippen molar-refractivity contribution in [3.05, 3.63) is 59.4 Å². The third kappa shape index (κ3) is 3.13. The van der Waals surface area contributed by atoms with Crippen LogP contribution in [-0.2, 0) is 6.54 Å². The van der Waals surface area contributed by atoms with Gasteiger partial charge in [0, 0.05) is 17.7 Å². The number of hydrogen-bond acceptors (Lipinski definition) is 3. The smallest absolute Gasteiger partial charge is 0.248 e. The van der Waals surface area contributed by atoms with Crippen LogP contribution in [0.15, 0.2) is 42.5 Å². The fourth-order valence-corrected chi connectivity index (χ4v) is 1.80. The standard InChI is InChI=1S/C15H15FN2O2/c1-18-9-11-4-2-3-5-13(11)20-14-7-6-10(15(17)19)8-12(14)16/h2-8,18H,9H2,1H3,(H2,17,19). The van der Waals surface area contributed by atoms with Crippen LogP contribution in [0.25, 0.3) is 0 Å².